The number of piperidine rings is 1. The molecule has 3 N–H and O–H groups in total. The summed E-state index contributed by atoms with van der Waals surface area (Å²) in [5.41, 5.74) is 8.12. The van der Waals surface area contributed by atoms with Crippen LogP contribution in [-0.2, 0) is 0 Å². The molecule has 0 spiro atoms. The molecule has 1 heterocycles. The van der Waals surface area contributed by atoms with E-state index < -0.39 is 6.03 Å². The lowest BCUT2D eigenvalue weighted by Gasteiger charge is -2.32. The first-order valence-corrected chi connectivity index (χ1v) is 4.91. The average molecular weight is 198 g/mol. The molecule has 0 aromatic heterocycles. The number of carbonyl (C=O) groups is 1. The number of nitrogens with one attached hydrogen (secondary N) is 1. The SMILES string of the molecule is C/C(=N\NC(N)=O)C1CCCCN1C. The summed E-state index contributed by atoms with van der Waals surface area (Å²) in [4.78, 5) is 12.7. The fraction of sp³-hybridized carbons (Fsp3) is 0.778. The second-order valence-corrected chi connectivity index (χ2v) is 3.72. The Morgan fingerprint density at radius 2 is 2.29 bits per heavy atom. The zero-order valence-corrected chi connectivity index (χ0v) is 8.79. The Labute approximate surface area is 84.3 Å². The van der Waals surface area contributed by atoms with Gasteiger partial charge in [-0.25, -0.2) is 10.2 Å². The first kappa shape index (κ1) is 11.0. The predicted molar refractivity (Wildman–Crippen MR) is 56.1 cm³/mol. The van der Waals surface area contributed by atoms with E-state index in [4.69, 9.17) is 5.73 Å². The predicted octanol–water partition coefficient (Wildman–Crippen LogP) is 0.515. The van der Waals surface area contributed by atoms with Crippen LogP contribution in [0.15, 0.2) is 5.10 Å². The molecule has 14 heavy (non-hydrogen) atoms. The fourth-order valence-electron chi connectivity index (χ4n) is 1.82. The maximum absolute atomic E-state index is 10.5. The number of nitrogens with two attached hydrogens (primary N) is 1. The maximum Gasteiger partial charge on any atom is 0.332 e. The van der Waals surface area contributed by atoms with Gasteiger partial charge in [0.1, 0.15) is 0 Å². The summed E-state index contributed by atoms with van der Waals surface area (Å²) in [5.74, 6) is 0. The van der Waals surface area contributed by atoms with Crippen LogP contribution < -0.4 is 11.2 Å². The van der Waals surface area contributed by atoms with Crippen molar-refractivity contribution < 1.29 is 4.79 Å². The highest BCUT2D eigenvalue weighted by atomic mass is 16.2. The van der Waals surface area contributed by atoms with E-state index in [0.29, 0.717) is 6.04 Å². The van der Waals surface area contributed by atoms with Gasteiger partial charge >= 0.3 is 6.03 Å². The van der Waals surface area contributed by atoms with Gasteiger partial charge in [0.15, 0.2) is 0 Å². The molecular weight excluding hydrogens is 180 g/mol. The summed E-state index contributed by atoms with van der Waals surface area (Å²) in [6, 6.07) is -0.265. The van der Waals surface area contributed by atoms with Gasteiger partial charge in [0.25, 0.3) is 0 Å². The number of nitrogens with zero attached hydrogens (tertiary/aromatic N) is 2. The van der Waals surface area contributed by atoms with Crippen molar-refractivity contribution in [2.75, 3.05) is 13.6 Å². The summed E-state index contributed by atoms with van der Waals surface area (Å²) in [7, 11) is 2.08. The molecule has 1 rings (SSSR count). The van der Waals surface area contributed by atoms with Crippen LogP contribution in [0.25, 0.3) is 0 Å². The van der Waals surface area contributed by atoms with Crippen LogP contribution in [-0.4, -0.2) is 36.3 Å². The summed E-state index contributed by atoms with van der Waals surface area (Å²) < 4.78 is 0. The van der Waals surface area contributed by atoms with E-state index >= 15 is 0 Å². The molecule has 1 saturated heterocycles. The van der Waals surface area contributed by atoms with Gasteiger partial charge in [0.2, 0.25) is 0 Å². The Morgan fingerprint density at radius 3 is 2.86 bits per heavy atom. The number of hydrogen-bond donors (Lipinski definition) is 2. The lowest BCUT2D eigenvalue weighted by atomic mass is 10.00. The monoisotopic (exact) mass is 198 g/mol. The Balaban J connectivity index is 2.52. The van der Waals surface area contributed by atoms with Crippen LogP contribution >= 0.6 is 0 Å². The second kappa shape index (κ2) is 4.95. The molecule has 1 unspecified atom stereocenters. The van der Waals surface area contributed by atoms with Crippen molar-refractivity contribution >= 4 is 11.7 Å². The summed E-state index contributed by atoms with van der Waals surface area (Å²) in [6.07, 6.45) is 3.56. The van der Waals surface area contributed by atoms with Crippen LogP contribution in [0.2, 0.25) is 0 Å². The smallest absolute Gasteiger partial charge is 0.332 e. The van der Waals surface area contributed by atoms with Crippen LogP contribution in [0.3, 0.4) is 0 Å². The van der Waals surface area contributed by atoms with E-state index in [1.165, 1.54) is 12.8 Å². The van der Waals surface area contributed by atoms with Gasteiger partial charge in [-0.1, -0.05) is 6.42 Å². The third kappa shape index (κ3) is 2.99. The lowest BCUT2D eigenvalue weighted by Crippen LogP contribution is -2.42. The van der Waals surface area contributed by atoms with E-state index in [9.17, 15) is 4.79 Å². The quantitative estimate of drug-likeness (QED) is 0.501. The van der Waals surface area contributed by atoms with E-state index in [-0.39, 0.29) is 0 Å². The molecule has 1 fully saturated rings. The molecule has 0 aromatic rings. The molecular formula is C9H18N4O. The molecule has 0 aromatic carbocycles. The van der Waals surface area contributed by atoms with Crippen molar-refractivity contribution in [3.05, 3.63) is 0 Å². The lowest BCUT2D eigenvalue weighted by molar-refractivity contribution is 0.233. The van der Waals surface area contributed by atoms with Crippen LogP contribution in [0, 0.1) is 0 Å². The van der Waals surface area contributed by atoms with Gasteiger partial charge in [-0.3, -0.25) is 4.90 Å². The Bertz CT molecular complexity index is 239. The van der Waals surface area contributed by atoms with E-state index in [1.807, 2.05) is 6.92 Å². The maximum atomic E-state index is 10.5. The summed E-state index contributed by atoms with van der Waals surface area (Å²) >= 11 is 0. The van der Waals surface area contributed by atoms with Crippen molar-refractivity contribution in [2.24, 2.45) is 10.8 Å². The topological polar surface area (TPSA) is 70.7 Å². The van der Waals surface area contributed by atoms with Gasteiger partial charge in [0.05, 0.1) is 5.71 Å². The van der Waals surface area contributed by atoms with Gasteiger partial charge in [-0.15, -0.1) is 0 Å². The van der Waals surface area contributed by atoms with Gasteiger partial charge < -0.3 is 5.73 Å². The molecule has 5 nitrogen and oxygen atoms in total. The number of amides is 2. The minimum atomic E-state index is -0.609. The number of hydrogen-bond acceptors (Lipinski definition) is 3. The van der Waals surface area contributed by atoms with E-state index in [0.717, 1.165) is 18.7 Å². The zero-order chi connectivity index (χ0) is 10.6. The zero-order valence-electron chi connectivity index (χ0n) is 8.79. The first-order chi connectivity index (χ1) is 6.61. The van der Waals surface area contributed by atoms with E-state index in [1.54, 1.807) is 0 Å². The highest BCUT2D eigenvalue weighted by Gasteiger charge is 2.21. The normalized spacial score (nSPS) is 24.7. The third-order valence-corrected chi connectivity index (χ3v) is 2.60. The number of rotatable bonds is 2. The number of hydrazone groups is 1. The minimum Gasteiger partial charge on any atom is -0.350 e. The molecule has 5 heteroatoms. The molecule has 1 aliphatic heterocycles. The minimum absolute atomic E-state index is 0.343. The highest BCUT2D eigenvalue weighted by Crippen LogP contribution is 2.15. The molecule has 0 radical (unpaired) electrons. The third-order valence-electron chi connectivity index (χ3n) is 2.60. The van der Waals surface area contributed by atoms with Crippen LogP contribution in [0.4, 0.5) is 4.79 Å². The number of carbonyl (C=O) groups excluding carboxylic acids is 1. The molecule has 2 amide bonds. The molecule has 1 aliphatic rings. The Morgan fingerprint density at radius 1 is 1.57 bits per heavy atom. The van der Waals surface area contributed by atoms with Crippen molar-refractivity contribution in [3.63, 3.8) is 0 Å². The molecule has 80 valence electrons. The molecule has 1 atom stereocenters. The molecule has 0 saturated carbocycles. The van der Waals surface area contributed by atoms with Crippen molar-refractivity contribution in [3.8, 4) is 0 Å². The molecule has 0 aliphatic carbocycles. The average Bonchev–Trinajstić information content (AvgIpc) is 2.15. The number of urea groups is 1. The summed E-state index contributed by atoms with van der Waals surface area (Å²) in [5, 5.41) is 3.95. The fourth-order valence-corrected chi connectivity index (χ4v) is 1.82. The van der Waals surface area contributed by atoms with E-state index in [2.05, 4.69) is 22.5 Å². The molecule has 0 bridgehead atoms. The number of primary amides is 1. The van der Waals surface area contributed by atoms with Gasteiger partial charge in [0, 0.05) is 6.04 Å². The van der Waals surface area contributed by atoms with Crippen molar-refractivity contribution in [1.82, 2.24) is 10.3 Å². The van der Waals surface area contributed by atoms with Crippen LogP contribution in [0.5, 0.6) is 0 Å². The van der Waals surface area contributed by atoms with Crippen molar-refractivity contribution in [2.45, 2.75) is 32.2 Å². The van der Waals surface area contributed by atoms with Crippen LogP contribution in [0.1, 0.15) is 26.2 Å². The number of likely N-dealkylation sites (tertiary alicyclic amines) is 1. The first-order valence-electron chi connectivity index (χ1n) is 4.91. The van der Waals surface area contributed by atoms with Gasteiger partial charge in [-0.2, -0.15) is 5.10 Å². The standard InChI is InChI=1S/C9H18N4O/c1-7(11-12-9(10)14)8-5-3-4-6-13(8)2/h8H,3-6H2,1-2H3,(H3,10,12,14)/b11-7+. The van der Waals surface area contributed by atoms with Gasteiger partial charge in [-0.05, 0) is 33.4 Å². The highest BCUT2D eigenvalue weighted by molar-refractivity contribution is 5.88. The Hall–Kier alpha value is -1.10. The summed E-state index contributed by atoms with van der Waals surface area (Å²) in [6.45, 7) is 3.01. The largest absolute Gasteiger partial charge is 0.350 e. The Kier molecular flexibility index (Phi) is 3.88. The van der Waals surface area contributed by atoms with Crippen molar-refractivity contribution in [1.29, 1.82) is 0 Å². The second-order valence-electron chi connectivity index (χ2n) is 3.72.